The van der Waals surface area contributed by atoms with E-state index >= 15 is 0 Å². The van der Waals surface area contributed by atoms with Crippen LogP contribution in [0.4, 0.5) is 9.18 Å². The van der Waals surface area contributed by atoms with Crippen LogP contribution in [0, 0.1) is 11.7 Å². The largest absolute Gasteiger partial charge is 0.450 e. The van der Waals surface area contributed by atoms with Gasteiger partial charge >= 0.3 is 6.09 Å². The Morgan fingerprint density at radius 2 is 1.95 bits per heavy atom. The number of amides is 2. The second-order valence-corrected chi connectivity index (χ2v) is 5.38. The molecule has 0 bridgehead atoms. The van der Waals surface area contributed by atoms with Crippen LogP contribution in [0.25, 0.3) is 0 Å². The fourth-order valence-electron chi connectivity index (χ4n) is 2.06. The maximum absolute atomic E-state index is 13.5. The van der Waals surface area contributed by atoms with Crippen molar-refractivity contribution in [3.05, 3.63) is 35.6 Å². The summed E-state index contributed by atoms with van der Waals surface area (Å²) in [7, 11) is 0. The Morgan fingerprint density at radius 1 is 1.27 bits per heavy atom. The van der Waals surface area contributed by atoms with Crippen LogP contribution in [-0.2, 0) is 4.74 Å². The fourth-order valence-corrected chi connectivity index (χ4v) is 2.06. The standard InChI is InChI=1S/C16H23FN2O3/c1-4-22-16(21)19-12(9-11(2)3)10-18-15(20)13-7-5-6-8-14(13)17/h5-8,11-12H,4,9-10H2,1-3H3,(H,18,20)(H,19,21)/t12-/m1/s1. The van der Waals surface area contributed by atoms with Gasteiger partial charge in [0.05, 0.1) is 12.2 Å². The molecular weight excluding hydrogens is 287 g/mol. The first-order valence-electron chi connectivity index (χ1n) is 7.40. The van der Waals surface area contributed by atoms with Crippen molar-refractivity contribution in [3.8, 4) is 0 Å². The van der Waals surface area contributed by atoms with E-state index in [4.69, 9.17) is 4.74 Å². The summed E-state index contributed by atoms with van der Waals surface area (Å²) in [6.45, 7) is 6.24. The lowest BCUT2D eigenvalue weighted by atomic mass is 10.0. The van der Waals surface area contributed by atoms with E-state index < -0.39 is 17.8 Å². The van der Waals surface area contributed by atoms with Crippen molar-refractivity contribution in [1.82, 2.24) is 10.6 Å². The molecule has 0 unspecified atom stereocenters. The van der Waals surface area contributed by atoms with E-state index in [2.05, 4.69) is 10.6 Å². The molecule has 22 heavy (non-hydrogen) atoms. The van der Waals surface area contributed by atoms with Crippen LogP contribution < -0.4 is 10.6 Å². The molecule has 0 radical (unpaired) electrons. The lowest BCUT2D eigenvalue weighted by Gasteiger charge is -2.20. The van der Waals surface area contributed by atoms with Crippen LogP contribution in [-0.4, -0.2) is 31.2 Å². The predicted octanol–water partition coefficient (Wildman–Crippen LogP) is 2.72. The maximum Gasteiger partial charge on any atom is 0.407 e. The Bertz CT molecular complexity index is 506. The minimum Gasteiger partial charge on any atom is -0.450 e. The molecule has 1 atom stereocenters. The molecule has 0 aromatic heterocycles. The molecule has 6 heteroatoms. The van der Waals surface area contributed by atoms with Gasteiger partial charge in [0.25, 0.3) is 5.91 Å². The molecule has 0 aliphatic heterocycles. The molecule has 2 amide bonds. The molecule has 0 fully saturated rings. The molecule has 1 rings (SSSR count). The molecule has 0 aliphatic carbocycles. The summed E-state index contributed by atoms with van der Waals surface area (Å²) in [5, 5.41) is 5.34. The van der Waals surface area contributed by atoms with E-state index in [0.717, 1.165) is 0 Å². The van der Waals surface area contributed by atoms with Gasteiger partial charge in [0, 0.05) is 12.6 Å². The van der Waals surface area contributed by atoms with E-state index in [0.29, 0.717) is 12.3 Å². The maximum atomic E-state index is 13.5. The quantitative estimate of drug-likeness (QED) is 0.813. The summed E-state index contributed by atoms with van der Waals surface area (Å²) in [5.74, 6) is -0.742. The highest BCUT2D eigenvalue weighted by molar-refractivity contribution is 5.94. The van der Waals surface area contributed by atoms with Crippen LogP contribution in [0.3, 0.4) is 0 Å². The zero-order valence-corrected chi connectivity index (χ0v) is 13.2. The highest BCUT2D eigenvalue weighted by atomic mass is 19.1. The number of nitrogens with one attached hydrogen (secondary N) is 2. The van der Waals surface area contributed by atoms with Gasteiger partial charge in [-0.3, -0.25) is 4.79 Å². The van der Waals surface area contributed by atoms with Gasteiger partial charge in [0.15, 0.2) is 0 Å². The predicted molar refractivity (Wildman–Crippen MR) is 82.1 cm³/mol. The van der Waals surface area contributed by atoms with Gasteiger partial charge in [-0.25, -0.2) is 9.18 Å². The van der Waals surface area contributed by atoms with E-state index in [1.807, 2.05) is 13.8 Å². The SMILES string of the molecule is CCOC(=O)N[C@@H](CNC(=O)c1ccccc1F)CC(C)C. The van der Waals surface area contributed by atoms with Gasteiger partial charge < -0.3 is 15.4 Å². The first kappa shape index (κ1) is 17.9. The third kappa shape index (κ3) is 6.11. The van der Waals surface area contributed by atoms with E-state index in [-0.39, 0.29) is 24.8 Å². The van der Waals surface area contributed by atoms with Gasteiger partial charge in [0.1, 0.15) is 5.82 Å². The highest BCUT2D eigenvalue weighted by Gasteiger charge is 2.17. The summed E-state index contributed by atoms with van der Waals surface area (Å²) in [6.07, 6.45) is 0.157. The minimum atomic E-state index is -0.571. The van der Waals surface area contributed by atoms with Crippen molar-refractivity contribution in [2.45, 2.75) is 33.2 Å². The van der Waals surface area contributed by atoms with Gasteiger partial charge in [-0.2, -0.15) is 0 Å². The van der Waals surface area contributed by atoms with Crippen LogP contribution >= 0.6 is 0 Å². The van der Waals surface area contributed by atoms with Crippen LogP contribution in [0.15, 0.2) is 24.3 Å². The lowest BCUT2D eigenvalue weighted by Crippen LogP contribution is -2.44. The van der Waals surface area contributed by atoms with Gasteiger partial charge in [-0.1, -0.05) is 26.0 Å². The molecule has 1 aromatic rings. The number of alkyl carbamates (subject to hydrolysis) is 1. The number of ether oxygens (including phenoxy) is 1. The fraction of sp³-hybridized carbons (Fsp3) is 0.500. The molecule has 122 valence electrons. The van der Waals surface area contributed by atoms with E-state index in [1.165, 1.54) is 18.2 Å². The molecule has 0 spiro atoms. The van der Waals surface area contributed by atoms with Crippen molar-refractivity contribution >= 4 is 12.0 Å². The van der Waals surface area contributed by atoms with Crippen molar-refractivity contribution in [1.29, 1.82) is 0 Å². The lowest BCUT2D eigenvalue weighted by molar-refractivity contribution is 0.0940. The third-order valence-corrected chi connectivity index (χ3v) is 2.98. The molecule has 1 aromatic carbocycles. The van der Waals surface area contributed by atoms with Crippen LogP contribution in [0.1, 0.15) is 37.6 Å². The normalized spacial score (nSPS) is 11.9. The number of carbonyl (C=O) groups is 2. The number of halogens is 1. The summed E-state index contributed by atoms with van der Waals surface area (Å²) < 4.78 is 18.4. The molecule has 0 saturated heterocycles. The molecule has 0 heterocycles. The number of rotatable bonds is 7. The summed E-state index contributed by atoms with van der Waals surface area (Å²) in [5.41, 5.74) is -0.0121. The van der Waals surface area contributed by atoms with Crippen molar-refractivity contribution < 1.29 is 18.7 Å². The van der Waals surface area contributed by atoms with Crippen molar-refractivity contribution in [2.24, 2.45) is 5.92 Å². The van der Waals surface area contributed by atoms with Gasteiger partial charge in [0.2, 0.25) is 0 Å². The Balaban J connectivity index is 2.60. The summed E-state index contributed by atoms with van der Waals surface area (Å²) in [6, 6.07) is 5.50. The van der Waals surface area contributed by atoms with E-state index in [9.17, 15) is 14.0 Å². The molecule has 2 N–H and O–H groups in total. The Morgan fingerprint density at radius 3 is 2.55 bits per heavy atom. The number of hydrogen-bond acceptors (Lipinski definition) is 3. The number of carbonyl (C=O) groups excluding carboxylic acids is 2. The highest BCUT2D eigenvalue weighted by Crippen LogP contribution is 2.07. The number of hydrogen-bond donors (Lipinski definition) is 2. The average molecular weight is 310 g/mol. The minimum absolute atomic E-state index is 0.0121. The topological polar surface area (TPSA) is 67.4 Å². The molecule has 0 saturated carbocycles. The smallest absolute Gasteiger partial charge is 0.407 e. The Labute approximate surface area is 130 Å². The third-order valence-electron chi connectivity index (χ3n) is 2.98. The first-order chi connectivity index (χ1) is 10.4. The summed E-state index contributed by atoms with van der Waals surface area (Å²) >= 11 is 0. The second-order valence-electron chi connectivity index (χ2n) is 5.38. The van der Waals surface area contributed by atoms with Crippen molar-refractivity contribution in [2.75, 3.05) is 13.2 Å². The monoisotopic (exact) mass is 310 g/mol. The Kier molecular flexibility index (Phi) is 7.36. The zero-order chi connectivity index (χ0) is 16.5. The Hall–Kier alpha value is -2.11. The average Bonchev–Trinajstić information content (AvgIpc) is 2.44. The van der Waals surface area contributed by atoms with E-state index in [1.54, 1.807) is 13.0 Å². The number of benzene rings is 1. The van der Waals surface area contributed by atoms with Crippen LogP contribution in [0.2, 0.25) is 0 Å². The second kappa shape index (κ2) is 9.02. The molecule has 5 nitrogen and oxygen atoms in total. The van der Waals surface area contributed by atoms with Gasteiger partial charge in [-0.15, -0.1) is 0 Å². The zero-order valence-electron chi connectivity index (χ0n) is 13.2. The van der Waals surface area contributed by atoms with Crippen molar-refractivity contribution in [3.63, 3.8) is 0 Å². The summed E-state index contributed by atoms with van der Waals surface area (Å²) in [4.78, 5) is 23.5. The molecule has 0 aliphatic rings. The van der Waals surface area contributed by atoms with Crippen LogP contribution in [0.5, 0.6) is 0 Å². The molecular formula is C16H23FN2O3. The van der Waals surface area contributed by atoms with Gasteiger partial charge in [-0.05, 0) is 31.4 Å². The first-order valence-corrected chi connectivity index (χ1v) is 7.40.